The lowest BCUT2D eigenvalue weighted by Crippen LogP contribution is -2.45. The number of nitrogens with zero attached hydrogens (tertiary/aromatic N) is 1. The minimum atomic E-state index is -1.13. The van der Waals surface area contributed by atoms with Crippen molar-refractivity contribution in [3.63, 3.8) is 0 Å². The van der Waals surface area contributed by atoms with Gasteiger partial charge >= 0.3 is 0 Å². The Morgan fingerprint density at radius 1 is 0.970 bits per heavy atom. The SMILES string of the molecule is CCOc1ccc([C@](O)(Cc2ccccc2)[C@@H](CN2CCOCC2)c2ccc(Cl)cc2)cc1. The summed E-state index contributed by atoms with van der Waals surface area (Å²) in [6, 6.07) is 26.0. The van der Waals surface area contributed by atoms with Gasteiger partial charge < -0.3 is 14.6 Å². The fourth-order valence-corrected chi connectivity index (χ4v) is 4.74. The molecule has 5 heteroatoms. The lowest BCUT2D eigenvalue weighted by atomic mass is 9.73. The van der Waals surface area contributed by atoms with Gasteiger partial charge in [0.1, 0.15) is 11.4 Å². The molecule has 1 saturated heterocycles. The summed E-state index contributed by atoms with van der Waals surface area (Å²) in [4.78, 5) is 2.38. The number of hydrogen-bond donors (Lipinski definition) is 1. The standard InChI is InChI=1S/C28H32ClNO3/c1-2-33-26-14-10-24(11-15-26)28(31,20-22-6-4-3-5-7-22)27(21-30-16-18-32-19-17-30)23-8-12-25(29)13-9-23/h3-15,27,31H,2,16-21H2,1H3/t27-,28+/m0/s1. The number of morpholine rings is 1. The normalized spacial score (nSPS) is 17.3. The van der Waals surface area contributed by atoms with E-state index < -0.39 is 5.60 Å². The second-order valence-electron chi connectivity index (χ2n) is 8.56. The van der Waals surface area contributed by atoms with Gasteiger partial charge in [-0.15, -0.1) is 0 Å². The van der Waals surface area contributed by atoms with Crippen LogP contribution in [0.2, 0.25) is 5.02 Å². The fraction of sp³-hybridized carbons (Fsp3) is 0.357. The first-order valence-corrected chi connectivity index (χ1v) is 12.0. The van der Waals surface area contributed by atoms with Crippen molar-refractivity contribution in [3.8, 4) is 5.75 Å². The molecular weight excluding hydrogens is 434 g/mol. The molecule has 1 heterocycles. The van der Waals surface area contributed by atoms with E-state index in [1.165, 1.54) is 0 Å². The maximum absolute atomic E-state index is 12.5. The van der Waals surface area contributed by atoms with Gasteiger partial charge in [0, 0.05) is 37.0 Å². The van der Waals surface area contributed by atoms with Gasteiger partial charge in [0.25, 0.3) is 0 Å². The molecule has 1 fully saturated rings. The van der Waals surface area contributed by atoms with Crippen molar-refractivity contribution in [3.05, 3.63) is 101 Å². The molecule has 0 aliphatic carbocycles. The first kappa shape index (κ1) is 23.8. The molecule has 4 nitrogen and oxygen atoms in total. The van der Waals surface area contributed by atoms with E-state index in [0.29, 0.717) is 31.3 Å². The van der Waals surface area contributed by atoms with Crippen molar-refractivity contribution in [1.29, 1.82) is 0 Å². The molecule has 1 aliphatic rings. The number of halogens is 1. The van der Waals surface area contributed by atoms with Crippen molar-refractivity contribution in [2.75, 3.05) is 39.5 Å². The molecule has 0 spiro atoms. The Balaban J connectivity index is 1.77. The van der Waals surface area contributed by atoms with Crippen molar-refractivity contribution < 1.29 is 14.6 Å². The molecule has 33 heavy (non-hydrogen) atoms. The van der Waals surface area contributed by atoms with Crippen LogP contribution in [0.1, 0.15) is 29.5 Å². The van der Waals surface area contributed by atoms with Gasteiger partial charge in [-0.3, -0.25) is 4.90 Å². The smallest absolute Gasteiger partial charge is 0.119 e. The van der Waals surface area contributed by atoms with Crippen LogP contribution in [0.15, 0.2) is 78.9 Å². The summed E-state index contributed by atoms with van der Waals surface area (Å²) < 4.78 is 11.2. The number of aliphatic hydroxyl groups is 1. The second-order valence-corrected chi connectivity index (χ2v) is 9.00. The molecule has 0 radical (unpaired) electrons. The quantitative estimate of drug-likeness (QED) is 0.466. The first-order chi connectivity index (χ1) is 16.1. The van der Waals surface area contributed by atoms with Crippen LogP contribution in [0.25, 0.3) is 0 Å². The number of hydrogen-bond acceptors (Lipinski definition) is 4. The highest BCUT2D eigenvalue weighted by molar-refractivity contribution is 6.30. The van der Waals surface area contributed by atoms with Gasteiger partial charge in [-0.05, 0) is 47.9 Å². The summed E-state index contributed by atoms with van der Waals surface area (Å²) in [6.45, 7) is 6.45. The summed E-state index contributed by atoms with van der Waals surface area (Å²) in [6.07, 6.45) is 0.499. The molecule has 0 bridgehead atoms. The van der Waals surface area contributed by atoms with Gasteiger partial charge in [0.05, 0.1) is 19.8 Å². The highest BCUT2D eigenvalue weighted by atomic mass is 35.5. The fourth-order valence-electron chi connectivity index (χ4n) is 4.61. The number of rotatable bonds is 9. The summed E-state index contributed by atoms with van der Waals surface area (Å²) in [7, 11) is 0. The third kappa shape index (κ3) is 5.96. The van der Waals surface area contributed by atoms with E-state index in [2.05, 4.69) is 17.0 Å². The Morgan fingerprint density at radius 2 is 1.64 bits per heavy atom. The maximum Gasteiger partial charge on any atom is 0.119 e. The van der Waals surface area contributed by atoms with Gasteiger partial charge in [0.15, 0.2) is 0 Å². The minimum Gasteiger partial charge on any atom is -0.494 e. The lowest BCUT2D eigenvalue weighted by Gasteiger charge is -2.41. The molecular formula is C28H32ClNO3. The van der Waals surface area contributed by atoms with Crippen molar-refractivity contribution in [1.82, 2.24) is 4.90 Å². The maximum atomic E-state index is 12.5. The van der Waals surface area contributed by atoms with Gasteiger partial charge in [-0.25, -0.2) is 0 Å². The minimum absolute atomic E-state index is 0.161. The van der Waals surface area contributed by atoms with Crippen molar-refractivity contribution in [2.24, 2.45) is 0 Å². The van der Waals surface area contributed by atoms with Crippen LogP contribution in [0.3, 0.4) is 0 Å². The predicted molar refractivity (Wildman–Crippen MR) is 133 cm³/mol. The molecule has 4 rings (SSSR count). The van der Waals surface area contributed by atoms with Gasteiger partial charge in [0.2, 0.25) is 0 Å². The van der Waals surface area contributed by atoms with Crippen LogP contribution >= 0.6 is 11.6 Å². The topological polar surface area (TPSA) is 41.9 Å². The zero-order chi connectivity index (χ0) is 23.1. The Morgan fingerprint density at radius 3 is 2.27 bits per heavy atom. The Hall–Kier alpha value is -2.37. The largest absolute Gasteiger partial charge is 0.494 e. The summed E-state index contributed by atoms with van der Waals surface area (Å²) >= 11 is 6.21. The number of benzene rings is 3. The first-order valence-electron chi connectivity index (χ1n) is 11.6. The summed E-state index contributed by atoms with van der Waals surface area (Å²) in [5.41, 5.74) is 1.91. The Bertz CT molecular complexity index is 988. The molecule has 0 amide bonds. The summed E-state index contributed by atoms with van der Waals surface area (Å²) in [5.74, 6) is 0.644. The molecule has 3 aromatic rings. The molecule has 0 aromatic heterocycles. The van der Waals surface area contributed by atoms with Gasteiger partial charge in [-0.1, -0.05) is 66.2 Å². The van der Waals surface area contributed by atoms with E-state index in [-0.39, 0.29) is 5.92 Å². The van der Waals surface area contributed by atoms with Crippen LogP contribution < -0.4 is 4.74 Å². The molecule has 0 saturated carbocycles. The van der Waals surface area contributed by atoms with Crippen LogP contribution in [-0.4, -0.2) is 49.5 Å². The monoisotopic (exact) mass is 465 g/mol. The van der Waals surface area contributed by atoms with E-state index in [9.17, 15) is 5.11 Å². The highest BCUT2D eigenvalue weighted by Gasteiger charge is 2.40. The van der Waals surface area contributed by atoms with E-state index in [0.717, 1.165) is 42.1 Å². The molecule has 2 atom stereocenters. The lowest BCUT2D eigenvalue weighted by molar-refractivity contribution is -0.0223. The van der Waals surface area contributed by atoms with Crippen molar-refractivity contribution in [2.45, 2.75) is 24.9 Å². The zero-order valence-corrected chi connectivity index (χ0v) is 19.9. The molecule has 174 valence electrons. The predicted octanol–water partition coefficient (Wildman–Crippen LogP) is 5.29. The van der Waals surface area contributed by atoms with Crippen LogP contribution in [0.5, 0.6) is 5.75 Å². The molecule has 3 aromatic carbocycles. The van der Waals surface area contributed by atoms with E-state index >= 15 is 0 Å². The zero-order valence-electron chi connectivity index (χ0n) is 19.1. The number of ether oxygens (including phenoxy) is 2. The highest BCUT2D eigenvalue weighted by Crippen LogP contribution is 2.41. The van der Waals surface area contributed by atoms with Crippen molar-refractivity contribution >= 4 is 11.6 Å². The third-order valence-electron chi connectivity index (χ3n) is 6.37. The van der Waals surface area contributed by atoms with Crippen LogP contribution in [-0.2, 0) is 16.8 Å². The van der Waals surface area contributed by atoms with E-state index in [4.69, 9.17) is 21.1 Å². The molecule has 1 aliphatic heterocycles. The Labute approximate surface area is 201 Å². The third-order valence-corrected chi connectivity index (χ3v) is 6.63. The van der Waals surface area contributed by atoms with E-state index in [1.54, 1.807) is 0 Å². The van der Waals surface area contributed by atoms with E-state index in [1.807, 2.05) is 73.7 Å². The average Bonchev–Trinajstić information content (AvgIpc) is 2.85. The summed E-state index contributed by atoms with van der Waals surface area (Å²) in [5, 5.41) is 13.2. The Kier molecular flexibility index (Phi) is 8.05. The molecule has 0 unspecified atom stereocenters. The average molecular weight is 466 g/mol. The second kappa shape index (κ2) is 11.2. The molecule has 1 N–H and O–H groups in total. The van der Waals surface area contributed by atoms with Gasteiger partial charge in [-0.2, -0.15) is 0 Å². The van der Waals surface area contributed by atoms with Crippen LogP contribution in [0, 0.1) is 0 Å². The van der Waals surface area contributed by atoms with Crippen LogP contribution in [0.4, 0.5) is 0 Å².